The lowest BCUT2D eigenvalue weighted by atomic mass is 10.00. The number of aliphatic hydroxyl groups is 1. The highest BCUT2D eigenvalue weighted by Crippen LogP contribution is 2.39. The van der Waals surface area contributed by atoms with Crippen molar-refractivity contribution >= 4 is 39.6 Å². The number of rotatable bonds is 1. The normalized spacial score (nSPS) is 26.2. The molecule has 0 spiro atoms. The van der Waals surface area contributed by atoms with E-state index in [1.54, 1.807) is 23.8 Å². The van der Waals surface area contributed by atoms with E-state index in [1.807, 2.05) is 22.6 Å². The number of nitrogen functional groups attached to an aromatic ring is 1. The number of fused-ring (bicyclic) bond motifs is 1. The molecule has 2 atom stereocenters. The lowest BCUT2D eigenvalue weighted by Crippen LogP contribution is -2.38. The van der Waals surface area contributed by atoms with Crippen molar-refractivity contribution in [1.29, 1.82) is 0 Å². The summed E-state index contributed by atoms with van der Waals surface area (Å²) in [6.45, 7) is 1.77. The molecule has 1 aliphatic carbocycles. The molecule has 7 heteroatoms. The van der Waals surface area contributed by atoms with Crippen LogP contribution in [0.5, 0.6) is 0 Å². The van der Waals surface area contributed by atoms with Crippen LogP contribution in [0.15, 0.2) is 17.1 Å². The van der Waals surface area contributed by atoms with Gasteiger partial charge < -0.3 is 10.8 Å². The van der Waals surface area contributed by atoms with Crippen molar-refractivity contribution in [2.75, 3.05) is 5.73 Å². The minimum atomic E-state index is -0.902. The summed E-state index contributed by atoms with van der Waals surface area (Å²) >= 11 is 2.00. The van der Waals surface area contributed by atoms with Gasteiger partial charge in [-0.05, 0) is 54.8 Å². The van der Waals surface area contributed by atoms with Crippen LogP contribution in [0.25, 0.3) is 11.0 Å². The fourth-order valence-corrected chi connectivity index (χ4v) is 3.52. The number of hydrogen-bond donors (Lipinski definition) is 2. The Labute approximate surface area is 129 Å². The van der Waals surface area contributed by atoms with Crippen molar-refractivity contribution in [2.45, 2.75) is 37.8 Å². The Hall–Kier alpha value is -1.22. The Morgan fingerprint density at radius 2 is 2.35 bits per heavy atom. The topological polar surface area (TPSA) is 94.0 Å². The molecule has 1 aliphatic rings. The molecule has 20 heavy (non-hydrogen) atoms. The predicted octanol–water partition coefficient (Wildman–Crippen LogP) is 1.45. The number of anilines is 1. The second kappa shape index (κ2) is 4.66. The fraction of sp³-hybridized carbons (Fsp3) is 0.462. The predicted molar refractivity (Wildman–Crippen MR) is 84.4 cm³/mol. The smallest absolute Gasteiger partial charge is 0.266 e. The van der Waals surface area contributed by atoms with Gasteiger partial charge in [0.1, 0.15) is 5.65 Å². The quantitative estimate of drug-likeness (QED) is 0.724. The zero-order valence-corrected chi connectivity index (χ0v) is 13.2. The molecular formula is C13H15IN4O2. The van der Waals surface area contributed by atoms with E-state index in [-0.39, 0.29) is 17.5 Å². The molecule has 0 aliphatic heterocycles. The van der Waals surface area contributed by atoms with Crippen molar-refractivity contribution in [1.82, 2.24) is 14.5 Å². The SMILES string of the molecule is C[C@@]1(O)CCC[C@H]1n1c(=O)c(I)cc2cnc(N)nc21. The van der Waals surface area contributed by atoms with Crippen molar-refractivity contribution in [3.63, 3.8) is 0 Å². The van der Waals surface area contributed by atoms with Crippen LogP contribution < -0.4 is 11.3 Å². The lowest BCUT2D eigenvalue weighted by Gasteiger charge is -2.28. The monoisotopic (exact) mass is 386 g/mol. The maximum absolute atomic E-state index is 12.5. The Balaban J connectivity index is 2.36. The average molecular weight is 386 g/mol. The second-order valence-electron chi connectivity index (χ2n) is 5.44. The standard InChI is InChI=1S/C13H15IN4O2/c1-13(20)4-2-3-9(13)18-10-7(5-8(14)11(18)19)6-16-12(15)17-10/h5-6,9,20H,2-4H2,1H3,(H2,15,16,17)/t9-,13-/m1/s1. The lowest BCUT2D eigenvalue weighted by molar-refractivity contribution is 0.0266. The van der Waals surface area contributed by atoms with E-state index >= 15 is 0 Å². The van der Waals surface area contributed by atoms with Gasteiger partial charge in [-0.2, -0.15) is 4.98 Å². The molecule has 106 valence electrons. The van der Waals surface area contributed by atoms with Gasteiger partial charge in [-0.25, -0.2) is 4.98 Å². The third kappa shape index (κ3) is 2.08. The number of aromatic nitrogens is 3. The number of nitrogens with zero attached hydrogens (tertiary/aromatic N) is 3. The summed E-state index contributed by atoms with van der Waals surface area (Å²) in [4.78, 5) is 20.7. The molecule has 2 heterocycles. The van der Waals surface area contributed by atoms with Crippen LogP contribution in [0.2, 0.25) is 0 Å². The molecule has 1 fully saturated rings. The van der Waals surface area contributed by atoms with Gasteiger partial charge in [0.15, 0.2) is 0 Å². The van der Waals surface area contributed by atoms with E-state index in [0.29, 0.717) is 15.6 Å². The van der Waals surface area contributed by atoms with Gasteiger partial charge in [-0.1, -0.05) is 0 Å². The molecule has 1 saturated carbocycles. The first kappa shape index (κ1) is 13.7. The summed E-state index contributed by atoms with van der Waals surface area (Å²) < 4.78 is 2.17. The summed E-state index contributed by atoms with van der Waals surface area (Å²) in [7, 11) is 0. The third-order valence-corrected chi connectivity index (χ3v) is 4.71. The Bertz CT molecular complexity index is 741. The maximum Gasteiger partial charge on any atom is 0.266 e. The van der Waals surface area contributed by atoms with Gasteiger partial charge in [0.25, 0.3) is 5.56 Å². The summed E-state index contributed by atoms with van der Waals surface area (Å²) in [5.74, 6) is 0.129. The molecule has 0 saturated heterocycles. The van der Waals surface area contributed by atoms with Crippen molar-refractivity contribution in [2.24, 2.45) is 0 Å². The second-order valence-corrected chi connectivity index (χ2v) is 6.60. The zero-order chi connectivity index (χ0) is 14.5. The van der Waals surface area contributed by atoms with E-state index in [4.69, 9.17) is 5.73 Å². The van der Waals surface area contributed by atoms with Crippen LogP contribution in [0.1, 0.15) is 32.2 Å². The largest absolute Gasteiger partial charge is 0.388 e. The molecule has 3 N–H and O–H groups in total. The first-order valence-electron chi connectivity index (χ1n) is 6.46. The summed E-state index contributed by atoms with van der Waals surface area (Å²) in [5, 5.41) is 11.3. The molecule has 0 unspecified atom stereocenters. The first-order valence-corrected chi connectivity index (χ1v) is 7.54. The highest BCUT2D eigenvalue weighted by atomic mass is 127. The van der Waals surface area contributed by atoms with Crippen molar-refractivity contribution in [3.8, 4) is 0 Å². The van der Waals surface area contributed by atoms with Crippen LogP contribution in [-0.2, 0) is 0 Å². The van der Waals surface area contributed by atoms with Gasteiger partial charge in [-0.15, -0.1) is 0 Å². The van der Waals surface area contributed by atoms with Crippen LogP contribution in [0.4, 0.5) is 5.95 Å². The Kier molecular flexibility index (Phi) is 3.20. The van der Waals surface area contributed by atoms with E-state index in [1.165, 1.54) is 0 Å². The molecule has 0 aromatic carbocycles. The average Bonchev–Trinajstić information content (AvgIpc) is 2.71. The molecule has 0 radical (unpaired) electrons. The number of hydrogen-bond acceptors (Lipinski definition) is 5. The van der Waals surface area contributed by atoms with Gasteiger partial charge >= 0.3 is 0 Å². The van der Waals surface area contributed by atoms with Crippen LogP contribution in [0, 0.1) is 3.57 Å². The molecule has 3 rings (SSSR count). The van der Waals surface area contributed by atoms with E-state index in [0.717, 1.165) is 18.2 Å². The van der Waals surface area contributed by atoms with Gasteiger partial charge in [0.05, 0.1) is 15.2 Å². The van der Waals surface area contributed by atoms with Crippen LogP contribution >= 0.6 is 22.6 Å². The van der Waals surface area contributed by atoms with Crippen molar-refractivity contribution in [3.05, 3.63) is 26.2 Å². The van der Waals surface area contributed by atoms with Crippen LogP contribution in [0.3, 0.4) is 0 Å². The van der Waals surface area contributed by atoms with Crippen LogP contribution in [-0.4, -0.2) is 25.2 Å². The highest BCUT2D eigenvalue weighted by Gasteiger charge is 2.39. The first-order chi connectivity index (χ1) is 9.40. The van der Waals surface area contributed by atoms with Crippen molar-refractivity contribution < 1.29 is 5.11 Å². The third-order valence-electron chi connectivity index (χ3n) is 3.94. The molecule has 2 aromatic rings. The maximum atomic E-state index is 12.5. The van der Waals surface area contributed by atoms with Gasteiger partial charge in [-0.3, -0.25) is 9.36 Å². The summed E-state index contributed by atoms with van der Waals surface area (Å²) in [6, 6.07) is 1.47. The number of pyridine rings is 1. The van der Waals surface area contributed by atoms with E-state index in [9.17, 15) is 9.90 Å². The van der Waals surface area contributed by atoms with Gasteiger partial charge in [0, 0.05) is 11.6 Å². The molecule has 2 aromatic heterocycles. The number of nitrogens with two attached hydrogens (primary N) is 1. The van der Waals surface area contributed by atoms with E-state index in [2.05, 4.69) is 9.97 Å². The summed E-state index contributed by atoms with van der Waals surface area (Å²) in [5.41, 5.74) is 5.10. The number of halogens is 1. The highest BCUT2D eigenvalue weighted by molar-refractivity contribution is 14.1. The van der Waals surface area contributed by atoms with Gasteiger partial charge in [0.2, 0.25) is 5.95 Å². The minimum absolute atomic E-state index is 0.129. The molecule has 6 nitrogen and oxygen atoms in total. The van der Waals surface area contributed by atoms with E-state index < -0.39 is 5.60 Å². The Morgan fingerprint density at radius 1 is 1.60 bits per heavy atom. The fourth-order valence-electron chi connectivity index (χ4n) is 2.93. The Morgan fingerprint density at radius 3 is 3.00 bits per heavy atom. The molecular weight excluding hydrogens is 371 g/mol. The minimum Gasteiger partial charge on any atom is -0.388 e. The zero-order valence-electron chi connectivity index (χ0n) is 11.0. The summed E-state index contributed by atoms with van der Waals surface area (Å²) in [6.07, 6.45) is 3.93. The molecule has 0 amide bonds. The molecule has 0 bridgehead atoms.